The van der Waals surface area contributed by atoms with Crippen molar-refractivity contribution in [1.82, 2.24) is 19.7 Å². The molecule has 0 unspecified atom stereocenters. The molecule has 1 fully saturated rings. The van der Waals surface area contributed by atoms with E-state index in [0.717, 1.165) is 35.7 Å². The molecule has 0 amide bonds. The third-order valence-corrected chi connectivity index (χ3v) is 4.95. The molecule has 1 saturated carbocycles. The molecule has 0 atom stereocenters. The fourth-order valence-corrected chi connectivity index (χ4v) is 3.41. The number of ketones is 1. The van der Waals surface area contributed by atoms with E-state index in [0.29, 0.717) is 16.8 Å². The SMILES string of the molecule is CCCn1c(C)cc(C(=O)CSc2n[nH]c(C3CC3)n2)c1C. The molecule has 1 aliphatic carbocycles. The van der Waals surface area contributed by atoms with Crippen LogP contribution in [0.1, 0.15) is 59.7 Å². The van der Waals surface area contributed by atoms with Crippen molar-refractivity contribution in [3.05, 3.63) is 28.8 Å². The number of nitrogens with one attached hydrogen (secondary N) is 1. The number of carbonyl (C=O) groups excluding carboxylic acids is 1. The molecule has 0 saturated heterocycles. The van der Waals surface area contributed by atoms with Crippen LogP contribution in [0.3, 0.4) is 0 Å². The molecular formula is C16H22N4OS. The van der Waals surface area contributed by atoms with E-state index in [2.05, 4.69) is 33.6 Å². The number of aromatic amines is 1. The summed E-state index contributed by atoms with van der Waals surface area (Å²) in [4.78, 5) is 16.9. The number of Topliss-reactive ketones (excluding diaryl/α,β-unsaturated/α-hetero) is 1. The van der Waals surface area contributed by atoms with Gasteiger partial charge < -0.3 is 4.57 Å². The lowest BCUT2D eigenvalue weighted by Crippen LogP contribution is -2.06. The number of thioether (sulfide) groups is 1. The van der Waals surface area contributed by atoms with Crippen LogP contribution in [-0.4, -0.2) is 31.3 Å². The van der Waals surface area contributed by atoms with E-state index in [1.54, 1.807) is 0 Å². The lowest BCUT2D eigenvalue weighted by molar-refractivity contribution is 0.102. The molecule has 0 bridgehead atoms. The zero-order chi connectivity index (χ0) is 15.7. The second kappa shape index (κ2) is 6.28. The molecule has 0 aliphatic heterocycles. The Hall–Kier alpha value is -1.56. The molecule has 2 aromatic heterocycles. The van der Waals surface area contributed by atoms with E-state index in [9.17, 15) is 4.79 Å². The van der Waals surface area contributed by atoms with Crippen LogP contribution in [0.15, 0.2) is 11.2 Å². The molecule has 22 heavy (non-hydrogen) atoms. The van der Waals surface area contributed by atoms with Crippen molar-refractivity contribution in [3.8, 4) is 0 Å². The molecule has 5 nitrogen and oxygen atoms in total. The third-order valence-electron chi connectivity index (χ3n) is 4.10. The average molecular weight is 318 g/mol. The molecular weight excluding hydrogens is 296 g/mol. The average Bonchev–Trinajstić information content (AvgIpc) is 3.18. The highest BCUT2D eigenvalue weighted by atomic mass is 32.2. The topological polar surface area (TPSA) is 63.6 Å². The summed E-state index contributed by atoms with van der Waals surface area (Å²) in [5, 5.41) is 7.84. The summed E-state index contributed by atoms with van der Waals surface area (Å²) in [5.41, 5.74) is 3.05. The van der Waals surface area contributed by atoms with Gasteiger partial charge in [-0.05, 0) is 39.2 Å². The molecule has 1 aliphatic rings. The summed E-state index contributed by atoms with van der Waals surface area (Å²) in [6.45, 7) is 7.20. The first-order valence-electron chi connectivity index (χ1n) is 7.85. The van der Waals surface area contributed by atoms with Crippen molar-refractivity contribution >= 4 is 17.5 Å². The minimum atomic E-state index is 0.151. The zero-order valence-corrected chi connectivity index (χ0v) is 14.2. The third kappa shape index (κ3) is 3.11. The Morgan fingerprint density at radius 3 is 2.91 bits per heavy atom. The molecule has 0 spiro atoms. The second-order valence-corrected chi connectivity index (χ2v) is 6.87. The van der Waals surface area contributed by atoms with E-state index in [-0.39, 0.29) is 5.78 Å². The monoisotopic (exact) mass is 318 g/mol. The molecule has 0 aromatic carbocycles. The van der Waals surface area contributed by atoms with Crippen LogP contribution in [0.4, 0.5) is 0 Å². The first kappa shape index (κ1) is 15.3. The summed E-state index contributed by atoms with van der Waals surface area (Å²) in [6, 6.07) is 2.00. The number of H-pyrrole nitrogens is 1. The maximum atomic E-state index is 12.5. The van der Waals surface area contributed by atoms with Crippen molar-refractivity contribution in [2.75, 3.05) is 5.75 Å². The van der Waals surface area contributed by atoms with Crippen LogP contribution in [0, 0.1) is 13.8 Å². The minimum Gasteiger partial charge on any atom is -0.348 e. The van der Waals surface area contributed by atoms with Crippen LogP contribution < -0.4 is 0 Å². The van der Waals surface area contributed by atoms with Crippen LogP contribution in [-0.2, 0) is 6.54 Å². The first-order valence-corrected chi connectivity index (χ1v) is 8.83. The Morgan fingerprint density at radius 1 is 1.45 bits per heavy atom. The first-order chi connectivity index (χ1) is 10.6. The van der Waals surface area contributed by atoms with Crippen molar-refractivity contribution in [2.45, 2.75) is 57.7 Å². The van der Waals surface area contributed by atoms with Gasteiger partial charge in [0, 0.05) is 29.4 Å². The van der Waals surface area contributed by atoms with Gasteiger partial charge in [0.2, 0.25) is 5.16 Å². The standard InChI is InChI=1S/C16H22N4OS/c1-4-7-20-10(2)8-13(11(20)3)14(21)9-22-16-17-15(18-19-16)12-5-6-12/h8,12H,4-7,9H2,1-3H3,(H,17,18,19). The number of hydrogen-bond donors (Lipinski definition) is 1. The fourth-order valence-electron chi connectivity index (χ4n) is 2.72. The normalized spacial score (nSPS) is 14.5. The molecule has 0 radical (unpaired) electrons. The number of aromatic nitrogens is 4. The Bertz CT molecular complexity index is 684. The Labute approximate surface area is 134 Å². The van der Waals surface area contributed by atoms with Gasteiger partial charge in [-0.15, -0.1) is 5.10 Å². The van der Waals surface area contributed by atoms with Gasteiger partial charge in [-0.25, -0.2) is 4.98 Å². The summed E-state index contributed by atoms with van der Waals surface area (Å²) < 4.78 is 2.22. The van der Waals surface area contributed by atoms with Gasteiger partial charge in [0.25, 0.3) is 0 Å². The van der Waals surface area contributed by atoms with E-state index in [4.69, 9.17) is 0 Å². The number of carbonyl (C=O) groups is 1. The minimum absolute atomic E-state index is 0.151. The quantitative estimate of drug-likeness (QED) is 0.627. The van der Waals surface area contributed by atoms with Crippen molar-refractivity contribution in [3.63, 3.8) is 0 Å². The van der Waals surface area contributed by atoms with Crippen LogP contribution >= 0.6 is 11.8 Å². The van der Waals surface area contributed by atoms with Gasteiger partial charge >= 0.3 is 0 Å². The molecule has 6 heteroatoms. The maximum Gasteiger partial charge on any atom is 0.208 e. The highest BCUT2D eigenvalue weighted by molar-refractivity contribution is 7.99. The van der Waals surface area contributed by atoms with Gasteiger partial charge in [-0.2, -0.15) is 0 Å². The molecule has 118 valence electrons. The maximum absolute atomic E-state index is 12.5. The Morgan fingerprint density at radius 2 is 2.23 bits per heavy atom. The molecule has 2 aromatic rings. The molecule has 3 rings (SSSR count). The predicted octanol–water partition coefficient (Wildman–Crippen LogP) is 3.49. The Balaban J connectivity index is 1.64. The smallest absolute Gasteiger partial charge is 0.208 e. The highest BCUT2D eigenvalue weighted by Crippen LogP contribution is 2.38. The summed E-state index contributed by atoms with van der Waals surface area (Å²) in [5.74, 6) is 2.07. The van der Waals surface area contributed by atoms with Gasteiger partial charge in [0.15, 0.2) is 5.78 Å². The summed E-state index contributed by atoms with van der Waals surface area (Å²) in [7, 11) is 0. The molecule has 1 N–H and O–H groups in total. The molecule has 2 heterocycles. The van der Waals surface area contributed by atoms with Gasteiger partial charge in [0.1, 0.15) is 5.82 Å². The number of rotatable bonds is 7. The summed E-state index contributed by atoms with van der Waals surface area (Å²) >= 11 is 1.41. The summed E-state index contributed by atoms with van der Waals surface area (Å²) in [6.07, 6.45) is 3.46. The lowest BCUT2D eigenvalue weighted by Gasteiger charge is -2.07. The van der Waals surface area contributed by atoms with E-state index < -0.39 is 0 Å². The highest BCUT2D eigenvalue weighted by Gasteiger charge is 2.27. The largest absolute Gasteiger partial charge is 0.348 e. The fraction of sp³-hybridized carbons (Fsp3) is 0.562. The van der Waals surface area contributed by atoms with Gasteiger partial charge in [0.05, 0.1) is 5.75 Å². The zero-order valence-electron chi connectivity index (χ0n) is 13.3. The predicted molar refractivity (Wildman–Crippen MR) is 87.6 cm³/mol. The van der Waals surface area contributed by atoms with Crippen molar-refractivity contribution in [1.29, 1.82) is 0 Å². The number of aryl methyl sites for hydroxylation is 1. The number of hydrogen-bond acceptors (Lipinski definition) is 4. The van der Waals surface area contributed by atoms with Crippen LogP contribution in [0.5, 0.6) is 0 Å². The van der Waals surface area contributed by atoms with E-state index >= 15 is 0 Å². The van der Waals surface area contributed by atoms with Gasteiger partial charge in [-0.3, -0.25) is 9.89 Å². The number of nitrogens with zero attached hydrogens (tertiary/aromatic N) is 3. The Kier molecular flexibility index (Phi) is 4.38. The second-order valence-electron chi connectivity index (χ2n) is 5.93. The van der Waals surface area contributed by atoms with Gasteiger partial charge in [-0.1, -0.05) is 18.7 Å². The van der Waals surface area contributed by atoms with E-state index in [1.165, 1.54) is 24.6 Å². The van der Waals surface area contributed by atoms with Crippen LogP contribution in [0.25, 0.3) is 0 Å². The van der Waals surface area contributed by atoms with E-state index in [1.807, 2.05) is 13.0 Å². The van der Waals surface area contributed by atoms with Crippen molar-refractivity contribution in [2.24, 2.45) is 0 Å². The van der Waals surface area contributed by atoms with Crippen molar-refractivity contribution < 1.29 is 4.79 Å². The van der Waals surface area contributed by atoms with Crippen LogP contribution in [0.2, 0.25) is 0 Å². The lowest BCUT2D eigenvalue weighted by atomic mass is 10.2.